The monoisotopic (exact) mass is 745 g/mol. The summed E-state index contributed by atoms with van der Waals surface area (Å²) in [5.41, 5.74) is 9.69. The summed E-state index contributed by atoms with van der Waals surface area (Å²) >= 11 is 1.80. The number of hydrogen-bond donors (Lipinski definition) is 0. The number of fused-ring (bicyclic) bond motifs is 9. The van der Waals surface area contributed by atoms with Gasteiger partial charge in [-0.1, -0.05) is 127 Å². The third-order valence-electron chi connectivity index (χ3n) is 11.1. The molecule has 0 atom stereocenters. The highest BCUT2D eigenvalue weighted by Crippen LogP contribution is 2.40. The van der Waals surface area contributed by atoms with Gasteiger partial charge in [-0.2, -0.15) is 0 Å². The first kappa shape index (κ1) is 31.9. The molecule has 0 unspecified atom stereocenters. The van der Waals surface area contributed by atoms with Crippen LogP contribution in [0.15, 0.2) is 188 Å². The van der Waals surface area contributed by atoms with Crippen LogP contribution in [-0.4, -0.2) is 24.1 Å². The van der Waals surface area contributed by atoms with E-state index in [4.69, 9.17) is 15.0 Å². The second-order valence-corrected chi connectivity index (χ2v) is 15.5. The number of thiophene rings is 1. The van der Waals surface area contributed by atoms with Crippen LogP contribution in [0.5, 0.6) is 0 Å². The molecule has 0 spiro atoms. The van der Waals surface area contributed by atoms with Crippen LogP contribution in [0, 0.1) is 0 Å². The number of nitrogens with zero attached hydrogens (tertiary/aromatic N) is 5. The van der Waals surface area contributed by atoms with Gasteiger partial charge in [-0.15, -0.1) is 11.3 Å². The Morgan fingerprint density at radius 3 is 1.47 bits per heavy atom. The molecule has 0 amide bonds. The maximum Gasteiger partial charge on any atom is 0.164 e. The Bertz CT molecular complexity index is 3520. The van der Waals surface area contributed by atoms with Crippen molar-refractivity contribution < 1.29 is 0 Å². The zero-order valence-corrected chi connectivity index (χ0v) is 31.4. The molecule has 0 N–H and O–H groups in total. The van der Waals surface area contributed by atoms with Gasteiger partial charge in [-0.05, 0) is 60.7 Å². The molecule has 12 rings (SSSR count). The highest BCUT2D eigenvalue weighted by Gasteiger charge is 2.20. The molecule has 0 bridgehead atoms. The van der Waals surface area contributed by atoms with E-state index in [0.717, 1.165) is 39.1 Å². The molecular formula is C51H31N5S. The summed E-state index contributed by atoms with van der Waals surface area (Å²) in [4.78, 5) is 15.4. The van der Waals surface area contributed by atoms with E-state index in [1.807, 2.05) is 18.2 Å². The Balaban J connectivity index is 1.06. The van der Waals surface area contributed by atoms with E-state index in [-0.39, 0.29) is 0 Å². The van der Waals surface area contributed by atoms with Gasteiger partial charge in [0.1, 0.15) is 0 Å². The van der Waals surface area contributed by atoms with E-state index in [1.54, 1.807) is 11.3 Å². The van der Waals surface area contributed by atoms with E-state index < -0.39 is 0 Å². The number of para-hydroxylation sites is 3. The zero-order chi connectivity index (χ0) is 37.5. The summed E-state index contributed by atoms with van der Waals surface area (Å²) in [6.45, 7) is 0. The smallest absolute Gasteiger partial charge is 0.164 e. The second-order valence-electron chi connectivity index (χ2n) is 14.5. The Morgan fingerprint density at radius 1 is 0.298 bits per heavy atom. The van der Waals surface area contributed by atoms with Crippen LogP contribution in [0.2, 0.25) is 0 Å². The van der Waals surface area contributed by atoms with E-state index in [1.165, 1.54) is 52.8 Å². The summed E-state index contributed by atoms with van der Waals surface area (Å²) < 4.78 is 7.26. The fourth-order valence-corrected chi connectivity index (χ4v) is 9.71. The van der Waals surface area contributed by atoms with Crippen molar-refractivity contribution in [3.8, 4) is 45.5 Å². The highest BCUT2D eigenvalue weighted by atomic mass is 32.1. The van der Waals surface area contributed by atoms with Crippen molar-refractivity contribution in [3.05, 3.63) is 188 Å². The molecule has 0 aliphatic carbocycles. The van der Waals surface area contributed by atoms with E-state index >= 15 is 0 Å². The first-order valence-corrected chi connectivity index (χ1v) is 19.9. The molecule has 4 heterocycles. The van der Waals surface area contributed by atoms with E-state index in [0.29, 0.717) is 17.5 Å². The normalized spacial score (nSPS) is 11.9. The van der Waals surface area contributed by atoms with Gasteiger partial charge in [-0.3, -0.25) is 0 Å². The molecule has 0 radical (unpaired) electrons. The Hall–Kier alpha value is -7.41. The number of rotatable bonds is 5. The number of hydrogen-bond acceptors (Lipinski definition) is 4. The fraction of sp³-hybridized carbons (Fsp3) is 0. The van der Waals surface area contributed by atoms with Crippen molar-refractivity contribution >= 4 is 75.1 Å². The van der Waals surface area contributed by atoms with E-state index in [9.17, 15) is 0 Å². The first-order chi connectivity index (χ1) is 28.2. The quantitative estimate of drug-likeness (QED) is 0.176. The SMILES string of the molecule is c1ccc(-c2nc(-c3cccc(-n4c5ccccc5c5cc6c(cc54)c4ccccc4n6-c4ccccc4)c3)nc(-c3ccc4c(c3)sc3ccccc34)n2)cc1. The van der Waals surface area contributed by atoms with Gasteiger partial charge in [-0.25, -0.2) is 15.0 Å². The van der Waals surface area contributed by atoms with Gasteiger partial charge in [0, 0.05) is 69.8 Å². The summed E-state index contributed by atoms with van der Waals surface area (Å²) in [5.74, 6) is 1.93. The molecule has 4 aromatic heterocycles. The number of benzene rings is 8. The predicted molar refractivity (Wildman–Crippen MR) is 238 cm³/mol. The molecule has 0 saturated carbocycles. The van der Waals surface area contributed by atoms with Gasteiger partial charge in [0.2, 0.25) is 0 Å². The van der Waals surface area contributed by atoms with Crippen LogP contribution in [0.3, 0.4) is 0 Å². The lowest BCUT2D eigenvalue weighted by Crippen LogP contribution is -2.01. The summed E-state index contributed by atoms with van der Waals surface area (Å²) in [6.07, 6.45) is 0. The molecular weight excluding hydrogens is 715 g/mol. The third-order valence-corrected chi connectivity index (χ3v) is 12.3. The van der Waals surface area contributed by atoms with Gasteiger partial charge >= 0.3 is 0 Å². The van der Waals surface area contributed by atoms with E-state index in [2.05, 4.69) is 179 Å². The Morgan fingerprint density at radius 2 is 0.789 bits per heavy atom. The minimum absolute atomic E-state index is 0.631. The van der Waals surface area contributed by atoms with Crippen LogP contribution in [0.4, 0.5) is 0 Å². The molecule has 12 aromatic rings. The molecule has 0 aliphatic rings. The fourth-order valence-electron chi connectivity index (χ4n) is 8.56. The maximum absolute atomic E-state index is 5.18. The third kappa shape index (κ3) is 5.04. The van der Waals surface area contributed by atoms with Crippen LogP contribution in [-0.2, 0) is 0 Å². The standard InChI is InChI=1S/C51H31N5S/c1-3-14-32(15-4-1)49-52-50(54-51(53-49)34-26-27-40-39-22-9-12-25-47(39)57-48(40)29-34)33-16-13-19-36(28-33)56-44-24-11-8-21-38(44)42-30-45-41(31-46(42)56)37-20-7-10-23-43(37)55(45)35-17-5-2-6-18-35/h1-31H. The highest BCUT2D eigenvalue weighted by molar-refractivity contribution is 7.25. The Labute approximate surface area is 331 Å². The zero-order valence-electron chi connectivity index (χ0n) is 30.5. The molecule has 5 nitrogen and oxygen atoms in total. The molecule has 0 fully saturated rings. The molecule has 6 heteroatoms. The van der Waals surface area contributed by atoms with Crippen LogP contribution in [0.25, 0.3) is 109 Å². The second kappa shape index (κ2) is 12.6. The van der Waals surface area contributed by atoms with Crippen molar-refractivity contribution in [3.63, 3.8) is 0 Å². The minimum Gasteiger partial charge on any atom is -0.309 e. The van der Waals surface area contributed by atoms with Gasteiger partial charge in [0.05, 0.1) is 22.1 Å². The number of aromatic nitrogens is 5. The molecule has 57 heavy (non-hydrogen) atoms. The molecule has 266 valence electrons. The van der Waals surface area contributed by atoms with Crippen LogP contribution >= 0.6 is 11.3 Å². The maximum atomic E-state index is 5.18. The summed E-state index contributed by atoms with van der Waals surface area (Å²) in [7, 11) is 0. The topological polar surface area (TPSA) is 48.5 Å². The van der Waals surface area contributed by atoms with Crippen molar-refractivity contribution in [2.75, 3.05) is 0 Å². The van der Waals surface area contributed by atoms with Crippen molar-refractivity contribution in [2.45, 2.75) is 0 Å². The minimum atomic E-state index is 0.631. The lowest BCUT2D eigenvalue weighted by molar-refractivity contribution is 1.07. The van der Waals surface area contributed by atoms with Crippen molar-refractivity contribution in [2.24, 2.45) is 0 Å². The van der Waals surface area contributed by atoms with Gasteiger partial charge in [0.15, 0.2) is 17.5 Å². The van der Waals surface area contributed by atoms with Gasteiger partial charge < -0.3 is 9.13 Å². The lowest BCUT2D eigenvalue weighted by atomic mass is 10.1. The predicted octanol–water partition coefficient (Wildman–Crippen LogP) is 13.4. The largest absolute Gasteiger partial charge is 0.309 e. The molecule has 8 aromatic carbocycles. The average Bonchev–Trinajstić information content (AvgIpc) is 3.93. The molecule has 0 saturated heterocycles. The van der Waals surface area contributed by atoms with Crippen molar-refractivity contribution in [1.82, 2.24) is 24.1 Å². The molecule has 0 aliphatic heterocycles. The van der Waals surface area contributed by atoms with Crippen molar-refractivity contribution in [1.29, 1.82) is 0 Å². The van der Waals surface area contributed by atoms with Crippen LogP contribution < -0.4 is 0 Å². The van der Waals surface area contributed by atoms with Gasteiger partial charge in [0.25, 0.3) is 0 Å². The Kier molecular flexibility index (Phi) is 7.03. The lowest BCUT2D eigenvalue weighted by Gasteiger charge is -2.12. The van der Waals surface area contributed by atoms with Crippen LogP contribution in [0.1, 0.15) is 0 Å². The average molecular weight is 746 g/mol. The summed E-state index contributed by atoms with van der Waals surface area (Å²) in [6, 6.07) is 66.8. The first-order valence-electron chi connectivity index (χ1n) is 19.1. The summed E-state index contributed by atoms with van der Waals surface area (Å²) in [5, 5.41) is 7.37.